The van der Waals surface area contributed by atoms with Gasteiger partial charge in [-0.05, 0) is 61.5 Å². The van der Waals surface area contributed by atoms with Gasteiger partial charge in [-0.1, -0.05) is 11.5 Å². The number of ether oxygens (including phenoxy) is 1. The quantitative estimate of drug-likeness (QED) is 0.547. The SMILES string of the molecule is COc1ccc(NC(=Nc2ccc(F)cc2)n2sc(C)cc2=N)cc1. The lowest BCUT2D eigenvalue weighted by atomic mass is 10.3. The van der Waals surface area contributed by atoms with E-state index in [4.69, 9.17) is 10.1 Å². The molecule has 128 valence electrons. The van der Waals surface area contributed by atoms with E-state index >= 15 is 0 Å². The van der Waals surface area contributed by atoms with Crippen LogP contribution in [0.25, 0.3) is 0 Å². The van der Waals surface area contributed by atoms with Gasteiger partial charge in [0.05, 0.1) is 12.8 Å². The molecule has 0 bridgehead atoms. The molecule has 25 heavy (non-hydrogen) atoms. The minimum atomic E-state index is -0.315. The monoisotopic (exact) mass is 356 g/mol. The molecular weight excluding hydrogens is 339 g/mol. The van der Waals surface area contributed by atoms with E-state index in [2.05, 4.69) is 10.3 Å². The van der Waals surface area contributed by atoms with Gasteiger partial charge in [0.25, 0.3) is 0 Å². The zero-order valence-corrected chi connectivity index (χ0v) is 14.6. The van der Waals surface area contributed by atoms with Crippen molar-refractivity contribution >= 4 is 28.9 Å². The summed E-state index contributed by atoms with van der Waals surface area (Å²) in [6, 6.07) is 15.1. The summed E-state index contributed by atoms with van der Waals surface area (Å²) in [7, 11) is 1.61. The number of rotatable bonds is 3. The van der Waals surface area contributed by atoms with Crippen molar-refractivity contribution in [3.8, 4) is 5.75 Å². The first-order chi connectivity index (χ1) is 12.0. The van der Waals surface area contributed by atoms with Crippen molar-refractivity contribution in [3.05, 3.63) is 70.8 Å². The minimum absolute atomic E-state index is 0.315. The summed E-state index contributed by atoms with van der Waals surface area (Å²) in [6.07, 6.45) is 0. The highest BCUT2D eigenvalue weighted by atomic mass is 32.1. The van der Waals surface area contributed by atoms with Crippen LogP contribution in [0, 0.1) is 18.2 Å². The molecule has 0 aliphatic carbocycles. The molecular formula is C18H17FN4OS. The maximum Gasteiger partial charge on any atom is 0.223 e. The maximum atomic E-state index is 13.1. The Labute approximate surface area is 148 Å². The van der Waals surface area contributed by atoms with Crippen molar-refractivity contribution in [1.29, 1.82) is 5.41 Å². The third kappa shape index (κ3) is 4.13. The molecule has 1 heterocycles. The molecule has 2 aromatic carbocycles. The van der Waals surface area contributed by atoms with Gasteiger partial charge in [-0.3, -0.25) is 5.41 Å². The molecule has 0 saturated carbocycles. The third-order valence-electron chi connectivity index (χ3n) is 3.39. The van der Waals surface area contributed by atoms with E-state index in [0.717, 1.165) is 16.3 Å². The summed E-state index contributed by atoms with van der Waals surface area (Å²) in [5.74, 6) is 0.910. The molecule has 3 rings (SSSR count). The van der Waals surface area contributed by atoms with E-state index in [1.807, 2.05) is 31.2 Å². The van der Waals surface area contributed by atoms with Gasteiger partial charge < -0.3 is 10.1 Å². The van der Waals surface area contributed by atoms with Gasteiger partial charge in [-0.2, -0.15) is 0 Å². The van der Waals surface area contributed by atoms with E-state index in [1.165, 1.54) is 23.7 Å². The fourth-order valence-corrected chi connectivity index (χ4v) is 2.97. The number of halogens is 1. The second-order valence-electron chi connectivity index (χ2n) is 5.29. The normalized spacial score (nSPS) is 11.4. The first kappa shape index (κ1) is 16.9. The molecule has 0 aliphatic heterocycles. The fourth-order valence-electron chi connectivity index (χ4n) is 2.19. The van der Waals surface area contributed by atoms with Crippen LogP contribution < -0.4 is 15.5 Å². The van der Waals surface area contributed by atoms with Gasteiger partial charge in [-0.15, -0.1) is 0 Å². The molecule has 0 amide bonds. The number of nitrogens with one attached hydrogen (secondary N) is 2. The molecule has 0 saturated heterocycles. The molecule has 0 unspecified atom stereocenters. The van der Waals surface area contributed by atoms with Crippen molar-refractivity contribution < 1.29 is 9.13 Å². The van der Waals surface area contributed by atoms with Crippen LogP contribution >= 0.6 is 11.5 Å². The van der Waals surface area contributed by atoms with E-state index in [-0.39, 0.29) is 5.82 Å². The van der Waals surface area contributed by atoms with Gasteiger partial charge in [-0.25, -0.2) is 13.3 Å². The second kappa shape index (κ2) is 7.31. The number of aromatic nitrogens is 1. The molecule has 0 fully saturated rings. The predicted molar refractivity (Wildman–Crippen MR) is 98.4 cm³/mol. The summed E-state index contributed by atoms with van der Waals surface area (Å²) in [6.45, 7) is 1.93. The smallest absolute Gasteiger partial charge is 0.223 e. The van der Waals surface area contributed by atoms with Crippen LogP contribution in [-0.4, -0.2) is 17.0 Å². The number of aliphatic imine (C=N–C) groups is 1. The van der Waals surface area contributed by atoms with Crippen LogP contribution in [0.3, 0.4) is 0 Å². The Morgan fingerprint density at radius 1 is 1.16 bits per heavy atom. The number of anilines is 1. The second-order valence-corrected chi connectivity index (χ2v) is 6.48. The molecule has 0 spiro atoms. The number of hydrogen-bond acceptors (Lipinski definition) is 4. The molecule has 0 radical (unpaired) electrons. The predicted octanol–water partition coefficient (Wildman–Crippen LogP) is 4.13. The number of methoxy groups -OCH3 is 1. The Kier molecular flexibility index (Phi) is 4.95. The summed E-state index contributed by atoms with van der Waals surface area (Å²) in [5, 5.41) is 11.3. The third-order valence-corrected chi connectivity index (χ3v) is 4.35. The molecule has 7 heteroatoms. The Balaban J connectivity index is 2.00. The first-order valence-electron chi connectivity index (χ1n) is 7.55. The van der Waals surface area contributed by atoms with Crippen molar-refractivity contribution in [2.45, 2.75) is 6.92 Å². The van der Waals surface area contributed by atoms with Gasteiger partial charge >= 0.3 is 0 Å². The molecule has 3 aromatic rings. The topological polar surface area (TPSA) is 62.4 Å². The Bertz CT molecular complexity index is 942. The first-order valence-corrected chi connectivity index (χ1v) is 8.33. The Morgan fingerprint density at radius 3 is 2.40 bits per heavy atom. The molecule has 0 atom stereocenters. The average molecular weight is 356 g/mol. The average Bonchev–Trinajstić information content (AvgIpc) is 2.95. The van der Waals surface area contributed by atoms with Crippen LogP contribution in [0.15, 0.2) is 59.6 Å². The molecule has 2 N–H and O–H groups in total. The largest absolute Gasteiger partial charge is 0.497 e. The minimum Gasteiger partial charge on any atom is -0.497 e. The zero-order chi connectivity index (χ0) is 17.8. The summed E-state index contributed by atoms with van der Waals surface area (Å²) in [4.78, 5) is 5.54. The summed E-state index contributed by atoms with van der Waals surface area (Å²) >= 11 is 1.41. The van der Waals surface area contributed by atoms with Gasteiger partial charge in [0.1, 0.15) is 17.1 Å². The zero-order valence-electron chi connectivity index (χ0n) is 13.8. The maximum absolute atomic E-state index is 13.1. The molecule has 5 nitrogen and oxygen atoms in total. The Morgan fingerprint density at radius 2 is 1.84 bits per heavy atom. The highest BCUT2D eigenvalue weighted by molar-refractivity contribution is 7.07. The van der Waals surface area contributed by atoms with Crippen molar-refractivity contribution in [2.75, 3.05) is 12.4 Å². The summed E-state index contributed by atoms with van der Waals surface area (Å²) < 4.78 is 20.0. The van der Waals surface area contributed by atoms with Crippen LogP contribution in [0.1, 0.15) is 4.88 Å². The van der Waals surface area contributed by atoms with Crippen LogP contribution in [-0.2, 0) is 0 Å². The highest BCUT2D eigenvalue weighted by Crippen LogP contribution is 2.18. The molecule has 0 aliphatic rings. The van der Waals surface area contributed by atoms with Crippen molar-refractivity contribution in [3.63, 3.8) is 0 Å². The Hall–Kier alpha value is -2.93. The van der Waals surface area contributed by atoms with E-state index in [0.29, 0.717) is 17.1 Å². The highest BCUT2D eigenvalue weighted by Gasteiger charge is 2.08. The van der Waals surface area contributed by atoms with Crippen LogP contribution in [0.5, 0.6) is 5.75 Å². The van der Waals surface area contributed by atoms with E-state index in [1.54, 1.807) is 29.3 Å². The number of nitrogens with zero attached hydrogens (tertiary/aromatic N) is 2. The van der Waals surface area contributed by atoms with Crippen molar-refractivity contribution in [1.82, 2.24) is 3.96 Å². The molecule has 1 aromatic heterocycles. The van der Waals surface area contributed by atoms with Crippen LogP contribution in [0.4, 0.5) is 15.8 Å². The standard InChI is InChI=1S/C18H17FN4OS/c1-12-11-17(20)23(25-12)18(21-14-5-3-13(19)4-6-14)22-15-7-9-16(24-2)10-8-15/h3-11,20H,1-2H3,(H,21,22). The number of aryl methyl sites for hydroxylation is 1. The number of hydrogen-bond donors (Lipinski definition) is 2. The van der Waals surface area contributed by atoms with Gasteiger partial charge in [0.15, 0.2) is 0 Å². The lowest BCUT2D eigenvalue weighted by Gasteiger charge is -2.11. The van der Waals surface area contributed by atoms with Gasteiger partial charge in [0.2, 0.25) is 5.96 Å². The lowest BCUT2D eigenvalue weighted by Crippen LogP contribution is -2.28. The van der Waals surface area contributed by atoms with Crippen LogP contribution in [0.2, 0.25) is 0 Å². The lowest BCUT2D eigenvalue weighted by molar-refractivity contribution is 0.415. The summed E-state index contributed by atoms with van der Waals surface area (Å²) in [5.41, 5.74) is 1.72. The van der Waals surface area contributed by atoms with E-state index < -0.39 is 0 Å². The number of benzene rings is 2. The van der Waals surface area contributed by atoms with Crippen molar-refractivity contribution in [2.24, 2.45) is 4.99 Å². The fraction of sp³-hybridized carbons (Fsp3) is 0.111. The van der Waals surface area contributed by atoms with Gasteiger partial charge in [0, 0.05) is 10.6 Å². The van der Waals surface area contributed by atoms with E-state index in [9.17, 15) is 4.39 Å².